The van der Waals surface area contributed by atoms with Gasteiger partial charge in [-0.1, -0.05) is 11.6 Å². The summed E-state index contributed by atoms with van der Waals surface area (Å²) in [6, 6.07) is 3.44. The number of methoxy groups -OCH3 is 1. The third-order valence-corrected chi connectivity index (χ3v) is 7.02. The highest BCUT2D eigenvalue weighted by molar-refractivity contribution is 7.89. The fourth-order valence-corrected chi connectivity index (χ4v) is 5.03. The van der Waals surface area contributed by atoms with Gasteiger partial charge in [-0.3, -0.25) is 0 Å². The molecule has 142 valence electrons. The van der Waals surface area contributed by atoms with Crippen molar-refractivity contribution in [3.63, 3.8) is 0 Å². The average molecular weight is 421 g/mol. The van der Waals surface area contributed by atoms with Gasteiger partial charge in [0, 0.05) is 51.2 Å². The Morgan fingerprint density at radius 1 is 1.31 bits per heavy atom. The molecule has 0 spiro atoms. The van der Waals surface area contributed by atoms with E-state index < -0.39 is 15.8 Å². The van der Waals surface area contributed by atoms with E-state index in [1.54, 1.807) is 7.11 Å². The normalized spacial score (nSPS) is 16.2. The van der Waals surface area contributed by atoms with Gasteiger partial charge in [0.25, 0.3) is 0 Å². The minimum absolute atomic E-state index is 0.00452. The third-order valence-electron chi connectivity index (χ3n) is 4.03. The summed E-state index contributed by atoms with van der Waals surface area (Å²) in [6.07, 6.45) is 0.646. The van der Waals surface area contributed by atoms with Crippen LogP contribution in [0.25, 0.3) is 0 Å². The Labute approximate surface area is 160 Å². The number of anilines is 1. The van der Waals surface area contributed by atoms with Crippen molar-refractivity contribution in [1.82, 2.24) is 13.7 Å². The van der Waals surface area contributed by atoms with Crippen LogP contribution in [-0.2, 0) is 21.2 Å². The topological polar surface area (TPSA) is 75.6 Å². The van der Waals surface area contributed by atoms with E-state index in [2.05, 4.69) is 9.36 Å². The smallest absolute Gasteiger partial charge is 0.243 e. The predicted octanol–water partition coefficient (Wildman–Crippen LogP) is 2.03. The Hall–Kier alpha value is -1.33. The van der Waals surface area contributed by atoms with E-state index in [1.165, 1.54) is 21.9 Å². The molecule has 1 aliphatic rings. The van der Waals surface area contributed by atoms with Crippen LogP contribution in [0.1, 0.15) is 5.82 Å². The molecule has 0 amide bonds. The molecule has 1 fully saturated rings. The number of hydrogen-bond donors (Lipinski definition) is 0. The van der Waals surface area contributed by atoms with Crippen LogP contribution in [0.2, 0.25) is 5.02 Å². The van der Waals surface area contributed by atoms with Gasteiger partial charge in [0.05, 0.1) is 16.5 Å². The summed E-state index contributed by atoms with van der Waals surface area (Å²) in [7, 11) is -2.08. The van der Waals surface area contributed by atoms with Crippen LogP contribution in [-0.4, -0.2) is 62.0 Å². The van der Waals surface area contributed by atoms with Gasteiger partial charge in [0.2, 0.25) is 15.2 Å². The van der Waals surface area contributed by atoms with Crippen molar-refractivity contribution in [3.05, 3.63) is 34.9 Å². The van der Waals surface area contributed by atoms with Crippen molar-refractivity contribution in [1.29, 1.82) is 0 Å². The molecule has 0 radical (unpaired) electrons. The maximum Gasteiger partial charge on any atom is 0.243 e. The summed E-state index contributed by atoms with van der Waals surface area (Å²) < 4.78 is 49.4. The van der Waals surface area contributed by atoms with Gasteiger partial charge in [-0.05, 0) is 18.2 Å². The lowest BCUT2D eigenvalue weighted by Crippen LogP contribution is -2.48. The van der Waals surface area contributed by atoms with Crippen LogP contribution in [0.5, 0.6) is 0 Å². The number of aromatic nitrogens is 2. The Morgan fingerprint density at radius 3 is 2.69 bits per heavy atom. The highest BCUT2D eigenvalue weighted by Gasteiger charge is 2.30. The first kappa shape index (κ1) is 19.4. The Balaban J connectivity index is 1.65. The van der Waals surface area contributed by atoms with Crippen molar-refractivity contribution in [2.24, 2.45) is 0 Å². The molecule has 1 saturated heterocycles. The lowest BCUT2D eigenvalue weighted by molar-refractivity contribution is 0.201. The number of benzene rings is 1. The van der Waals surface area contributed by atoms with Gasteiger partial charge in [-0.2, -0.15) is 8.68 Å². The highest BCUT2D eigenvalue weighted by Crippen LogP contribution is 2.25. The van der Waals surface area contributed by atoms with Gasteiger partial charge >= 0.3 is 0 Å². The fraction of sp³-hybridized carbons (Fsp3) is 0.467. The Kier molecular flexibility index (Phi) is 6.08. The number of halogens is 2. The van der Waals surface area contributed by atoms with Crippen LogP contribution in [0.3, 0.4) is 0 Å². The van der Waals surface area contributed by atoms with E-state index in [-0.39, 0.29) is 9.92 Å². The molecule has 0 aliphatic carbocycles. The van der Waals surface area contributed by atoms with Crippen molar-refractivity contribution in [3.8, 4) is 0 Å². The van der Waals surface area contributed by atoms with Gasteiger partial charge in [-0.15, -0.1) is 0 Å². The number of piperazine rings is 1. The highest BCUT2D eigenvalue weighted by atomic mass is 35.5. The number of nitrogens with zero attached hydrogens (tertiary/aromatic N) is 4. The molecule has 0 N–H and O–H groups in total. The lowest BCUT2D eigenvalue weighted by Gasteiger charge is -2.33. The van der Waals surface area contributed by atoms with Crippen molar-refractivity contribution < 1.29 is 17.5 Å². The zero-order valence-corrected chi connectivity index (χ0v) is 16.4. The molecule has 1 aromatic heterocycles. The molecular formula is C15H18ClFN4O3S2. The van der Waals surface area contributed by atoms with E-state index in [1.807, 2.05) is 4.90 Å². The van der Waals surface area contributed by atoms with Crippen LogP contribution < -0.4 is 4.90 Å². The summed E-state index contributed by atoms with van der Waals surface area (Å²) in [4.78, 5) is 6.47. The van der Waals surface area contributed by atoms with E-state index >= 15 is 0 Å². The monoisotopic (exact) mass is 420 g/mol. The Morgan fingerprint density at radius 2 is 2.04 bits per heavy atom. The number of sulfonamides is 1. The van der Waals surface area contributed by atoms with E-state index in [4.69, 9.17) is 16.3 Å². The largest absolute Gasteiger partial charge is 0.384 e. The van der Waals surface area contributed by atoms with Crippen molar-refractivity contribution >= 4 is 38.3 Å². The predicted molar refractivity (Wildman–Crippen MR) is 97.9 cm³/mol. The quantitative estimate of drug-likeness (QED) is 0.711. The summed E-state index contributed by atoms with van der Waals surface area (Å²) in [5.74, 6) is 0.0823. The van der Waals surface area contributed by atoms with Gasteiger partial charge < -0.3 is 9.64 Å². The molecular weight excluding hydrogens is 403 g/mol. The standard InChI is InChI=1S/C15H18ClFN4O3S2/c1-24-9-4-14-18-15(25-19-14)20-5-7-21(8-6-20)26(22,23)11-2-3-13(17)12(16)10-11/h2-3,10H,4-9H2,1H3. The van der Waals surface area contributed by atoms with E-state index in [0.29, 0.717) is 39.2 Å². The summed E-state index contributed by atoms with van der Waals surface area (Å²) in [5, 5.41) is 0.570. The summed E-state index contributed by atoms with van der Waals surface area (Å²) in [6.45, 7) is 2.19. The first-order chi connectivity index (χ1) is 12.4. The van der Waals surface area contributed by atoms with Gasteiger partial charge in [-0.25, -0.2) is 17.8 Å². The maximum atomic E-state index is 13.3. The number of rotatable bonds is 6. The molecule has 0 saturated carbocycles. The third kappa shape index (κ3) is 4.15. The van der Waals surface area contributed by atoms with Crippen LogP contribution in [0.4, 0.5) is 9.52 Å². The molecule has 11 heteroatoms. The SMILES string of the molecule is COCCc1nsc(N2CCN(S(=O)(=O)c3ccc(F)c(Cl)c3)CC2)n1. The molecule has 0 bridgehead atoms. The molecule has 2 heterocycles. The minimum Gasteiger partial charge on any atom is -0.384 e. The first-order valence-corrected chi connectivity index (χ1v) is 10.5. The van der Waals surface area contributed by atoms with Crippen LogP contribution in [0.15, 0.2) is 23.1 Å². The van der Waals surface area contributed by atoms with E-state index in [9.17, 15) is 12.8 Å². The average Bonchev–Trinajstić information content (AvgIpc) is 3.11. The second-order valence-electron chi connectivity index (χ2n) is 5.70. The Bertz CT molecular complexity index is 870. The molecule has 1 aromatic carbocycles. The zero-order chi connectivity index (χ0) is 18.7. The van der Waals surface area contributed by atoms with Crippen molar-refractivity contribution in [2.75, 3.05) is 44.8 Å². The molecule has 0 unspecified atom stereocenters. The van der Waals surface area contributed by atoms with E-state index in [0.717, 1.165) is 23.1 Å². The second kappa shape index (κ2) is 8.13. The maximum absolute atomic E-state index is 13.3. The molecule has 2 aromatic rings. The second-order valence-corrected chi connectivity index (χ2v) is 8.78. The lowest BCUT2D eigenvalue weighted by atomic mass is 10.3. The van der Waals surface area contributed by atoms with Crippen LogP contribution >= 0.6 is 23.1 Å². The van der Waals surface area contributed by atoms with Gasteiger partial charge in [0.15, 0.2) is 0 Å². The molecule has 1 aliphatic heterocycles. The van der Waals surface area contributed by atoms with Crippen molar-refractivity contribution in [2.45, 2.75) is 11.3 Å². The molecule has 26 heavy (non-hydrogen) atoms. The number of ether oxygens (including phenoxy) is 1. The minimum atomic E-state index is -3.71. The first-order valence-electron chi connectivity index (χ1n) is 7.93. The molecule has 0 atom stereocenters. The molecule has 3 rings (SSSR count). The van der Waals surface area contributed by atoms with Gasteiger partial charge in [0.1, 0.15) is 11.6 Å². The zero-order valence-electron chi connectivity index (χ0n) is 14.1. The summed E-state index contributed by atoms with van der Waals surface area (Å²) >= 11 is 7.01. The fourth-order valence-electron chi connectivity index (χ4n) is 2.57. The summed E-state index contributed by atoms with van der Waals surface area (Å²) in [5.41, 5.74) is 0. The molecule has 7 nitrogen and oxygen atoms in total. The van der Waals surface area contributed by atoms with Crippen LogP contribution in [0, 0.1) is 5.82 Å². The number of hydrogen-bond acceptors (Lipinski definition) is 7.